The van der Waals surface area contributed by atoms with E-state index in [0.717, 1.165) is 11.3 Å². The number of nitrogens with one attached hydrogen (secondary N) is 3. The maximum absolute atomic E-state index is 13.0. The second kappa shape index (κ2) is 6.54. The van der Waals surface area contributed by atoms with Crippen LogP contribution in [0.2, 0.25) is 5.15 Å². The van der Waals surface area contributed by atoms with Crippen LogP contribution in [0.25, 0.3) is 0 Å². The van der Waals surface area contributed by atoms with Crippen LogP contribution >= 0.6 is 22.9 Å². The van der Waals surface area contributed by atoms with Gasteiger partial charge in [-0.15, -0.1) is 0 Å². The van der Waals surface area contributed by atoms with Crippen LogP contribution in [0.3, 0.4) is 0 Å². The third-order valence-corrected chi connectivity index (χ3v) is 5.20. The number of amides is 1. The first-order valence-corrected chi connectivity index (χ1v) is 8.43. The third kappa shape index (κ3) is 3.28. The van der Waals surface area contributed by atoms with E-state index in [1.54, 1.807) is 0 Å². The largest absolute Gasteiger partial charge is 0.421 e. The lowest BCUT2D eigenvalue weighted by Gasteiger charge is -2.16. The number of carbonyl (C=O) groups is 1. The quantitative estimate of drug-likeness (QED) is 0.718. The Kier molecular flexibility index (Phi) is 3.77. The molecule has 26 heavy (non-hydrogen) atoms. The molecule has 2 aromatic heterocycles. The molecule has 1 aliphatic rings. The Morgan fingerprint density at radius 3 is 2.81 bits per heavy atom. The molecule has 140 valence electrons. The smallest absolute Gasteiger partial charge is 0.372 e. The first-order valence-electron chi connectivity index (χ1n) is 8.74. The summed E-state index contributed by atoms with van der Waals surface area (Å²) in [6.07, 6.45) is -4.04. The monoisotopic (exact) mass is 409 g/mol. The molecular weight excluding hydrogens is 393 g/mol. The van der Waals surface area contributed by atoms with Gasteiger partial charge in [-0.1, -0.05) is 22.9 Å². The summed E-state index contributed by atoms with van der Waals surface area (Å²) in [5.74, 6) is -1.35. The molecule has 1 aliphatic heterocycles. The van der Waals surface area contributed by atoms with Gasteiger partial charge in [0.1, 0.15) is 21.4 Å². The molecule has 0 aliphatic carbocycles. The van der Waals surface area contributed by atoms with Crippen LogP contribution in [0.1, 0.15) is 28.0 Å². The maximum atomic E-state index is 13.0. The highest BCUT2D eigenvalue weighted by Gasteiger charge is 2.42. The molecule has 3 N–H and O–H groups in total. The molecule has 1 amide bonds. The summed E-state index contributed by atoms with van der Waals surface area (Å²) in [7, 11) is 1.28. The lowest BCUT2D eigenvalue weighted by atomic mass is 9.90. The van der Waals surface area contributed by atoms with E-state index < -0.39 is 35.7 Å². The van der Waals surface area contributed by atoms with Gasteiger partial charge in [0.2, 0.25) is 11.9 Å². The average molecular weight is 410 g/mol. The lowest BCUT2D eigenvalue weighted by molar-refractivity contribution is -0.137. The van der Waals surface area contributed by atoms with Crippen molar-refractivity contribution in [2.75, 3.05) is 24.2 Å². The summed E-state index contributed by atoms with van der Waals surface area (Å²) in [5, 5.41) is 7.39. The molecule has 7 nitrogen and oxygen atoms in total. The number of nitrogens with zero attached hydrogens (tertiary/aromatic N) is 3. The highest BCUT2D eigenvalue weighted by molar-refractivity contribution is 7.16. The number of rotatable bonds is 4. The minimum absolute atomic E-state index is 0.00625. The van der Waals surface area contributed by atoms with Crippen LogP contribution in [0.4, 0.5) is 29.9 Å². The Balaban J connectivity index is 1.97. The van der Waals surface area contributed by atoms with Crippen molar-refractivity contribution < 1.29 is 22.1 Å². The Hall–Kier alpha value is -2.14. The number of hydrogen-bond donors (Lipinski definition) is 3. The van der Waals surface area contributed by atoms with Gasteiger partial charge in [-0.05, 0) is 13.3 Å². The van der Waals surface area contributed by atoms with Gasteiger partial charge in [-0.25, -0.2) is 9.97 Å². The Bertz CT molecular complexity index is 954. The zero-order valence-corrected chi connectivity index (χ0v) is 14.7. The summed E-state index contributed by atoms with van der Waals surface area (Å²) >= 11 is 6.89. The van der Waals surface area contributed by atoms with Gasteiger partial charge >= 0.3 is 6.18 Å². The minimum atomic E-state index is -4.64. The molecule has 0 bridgehead atoms. The van der Waals surface area contributed by atoms with Gasteiger partial charge in [0.25, 0.3) is 0 Å². The highest BCUT2D eigenvalue weighted by Crippen LogP contribution is 2.40. The van der Waals surface area contributed by atoms with Crippen LogP contribution in [0.5, 0.6) is 0 Å². The summed E-state index contributed by atoms with van der Waals surface area (Å²) < 4.78 is 62.3. The zero-order valence-electron chi connectivity index (χ0n) is 16.2. The number of anilines is 3. The average Bonchev–Trinajstić information content (AvgIpc) is 3.17. The highest BCUT2D eigenvalue weighted by atomic mass is 35.5. The molecular formula is C14H14ClF3N6OS. The van der Waals surface area contributed by atoms with Crippen molar-refractivity contribution >= 4 is 45.6 Å². The van der Waals surface area contributed by atoms with Crippen LogP contribution in [-0.4, -0.2) is 34.5 Å². The van der Waals surface area contributed by atoms with Crippen LogP contribution < -0.4 is 16.0 Å². The predicted molar refractivity (Wildman–Crippen MR) is 92.0 cm³/mol. The van der Waals surface area contributed by atoms with E-state index >= 15 is 0 Å². The molecule has 12 heteroatoms. The van der Waals surface area contributed by atoms with Gasteiger partial charge in [0.15, 0.2) is 5.15 Å². The molecule has 0 saturated carbocycles. The second-order valence-corrected chi connectivity index (χ2v) is 6.74. The van der Waals surface area contributed by atoms with E-state index in [1.165, 1.54) is 7.05 Å². The van der Waals surface area contributed by atoms with Gasteiger partial charge in [-0.3, -0.25) is 4.79 Å². The molecule has 3 rings (SSSR count). The van der Waals surface area contributed by atoms with Crippen LogP contribution in [0.15, 0.2) is 6.20 Å². The topological polar surface area (TPSA) is 91.8 Å². The second-order valence-electron chi connectivity index (χ2n) is 5.38. The third-order valence-electron chi connectivity index (χ3n) is 3.68. The fourth-order valence-electron chi connectivity index (χ4n) is 2.33. The summed E-state index contributed by atoms with van der Waals surface area (Å²) in [6.45, 7) is -2.50. The molecule has 0 aromatic carbocycles. The molecule has 0 unspecified atom stereocenters. The number of halogens is 4. The van der Waals surface area contributed by atoms with E-state index in [0.29, 0.717) is 6.20 Å². The Labute approximate surface area is 159 Å². The van der Waals surface area contributed by atoms with Crippen molar-refractivity contribution in [3.63, 3.8) is 0 Å². The fourth-order valence-corrected chi connectivity index (χ4v) is 3.60. The number of carbonyl (C=O) groups excluding carboxylic acids is 1. The number of aromatic nitrogens is 3. The first kappa shape index (κ1) is 15.0. The molecule has 1 atom stereocenters. The van der Waals surface area contributed by atoms with Gasteiger partial charge in [0, 0.05) is 23.9 Å². The molecule has 0 spiro atoms. The minimum Gasteiger partial charge on any atom is -0.372 e. The van der Waals surface area contributed by atoms with Crippen molar-refractivity contribution in [2.24, 2.45) is 0 Å². The van der Waals surface area contributed by atoms with Gasteiger partial charge in [0.05, 0.1) is 5.41 Å². The number of hydrogen-bond acceptors (Lipinski definition) is 7. The predicted octanol–water partition coefficient (Wildman–Crippen LogP) is 3.17. The van der Waals surface area contributed by atoms with Crippen LogP contribution in [-0.2, 0) is 16.4 Å². The molecule has 0 radical (unpaired) electrons. The van der Waals surface area contributed by atoms with Crippen LogP contribution in [0, 0.1) is 0 Å². The van der Waals surface area contributed by atoms with Crippen molar-refractivity contribution in [3.05, 3.63) is 21.9 Å². The van der Waals surface area contributed by atoms with Crippen molar-refractivity contribution in [1.82, 2.24) is 20.3 Å². The van der Waals surface area contributed by atoms with Gasteiger partial charge < -0.3 is 16.0 Å². The molecule has 1 fully saturated rings. The molecule has 3 heterocycles. The normalized spacial score (nSPS) is 22.3. The van der Waals surface area contributed by atoms with E-state index in [4.69, 9.17) is 15.7 Å². The standard InChI is InChI=1S/C14H14ClF3N6OS/c1-13(3-4-20-10(13)25)11-22-7(15)9(26-11)24-12-21-5-6(14(16,17)18)8(19-2)23-12/h5H,3-4H2,1-2H3,(H,20,25)(H2,19,21,23,24)/t13-/m0/s1/i1D3. The first-order chi connectivity index (χ1) is 13.4. The van der Waals surface area contributed by atoms with E-state index in [-0.39, 0.29) is 34.1 Å². The Morgan fingerprint density at radius 2 is 2.23 bits per heavy atom. The van der Waals surface area contributed by atoms with Gasteiger partial charge in [-0.2, -0.15) is 18.2 Å². The van der Waals surface area contributed by atoms with Crippen molar-refractivity contribution in [2.45, 2.75) is 24.9 Å². The van der Waals surface area contributed by atoms with E-state index in [9.17, 15) is 18.0 Å². The van der Waals surface area contributed by atoms with Crippen molar-refractivity contribution in [3.8, 4) is 0 Å². The summed E-state index contributed by atoms with van der Waals surface area (Å²) in [6, 6.07) is 0. The fraction of sp³-hybridized carbons (Fsp3) is 0.429. The number of alkyl halides is 3. The lowest BCUT2D eigenvalue weighted by Crippen LogP contribution is -2.32. The SMILES string of the molecule is [2H]C([2H])([2H])[C@]1(c2nc(Cl)c(Nc3ncc(C(F)(F)F)c(NC)n3)s2)CCNC1=O. The summed E-state index contributed by atoms with van der Waals surface area (Å²) in [4.78, 5) is 23.7. The summed E-state index contributed by atoms with van der Waals surface area (Å²) in [5.41, 5.74) is -2.90. The molecule has 1 saturated heterocycles. The molecule has 2 aromatic rings. The maximum Gasteiger partial charge on any atom is 0.421 e. The zero-order chi connectivity index (χ0) is 21.6. The van der Waals surface area contributed by atoms with E-state index in [2.05, 4.69) is 30.9 Å². The Morgan fingerprint density at radius 1 is 1.46 bits per heavy atom. The van der Waals surface area contributed by atoms with Crippen molar-refractivity contribution in [1.29, 1.82) is 0 Å². The number of thiazole rings is 1. The van der Waals surface area contributed by atoms with E-state index in [1.807, 2.05) is 0 Å².